The lowest BCUT2D eigenvalue weighted by molar-refractivity contribution is -0.122. The molecule has 3 rings (SSSR count). The second-order valence-electron chi connectivity index (χ2n) is 7.32. The summed E-state index contributed by atoms with van der Waals surface area (Å²) >= 11 is 21.4. The van der Waals surface area contributed by atoms with Gasteiger partial charge < -0.3 is 5.32 Å². The highest BCUT2D eigenvalue weighted by atomic mass is 79.9. The van der Waals surface area contributed by atoms with E-state index >= 15 is 0 Å². The lowest BCUT2D eigenvalue weighted by atomic mass is 10.1. The highest BCUT2D eigenvalue weighted by Gasteiger charge is 2.27. The Balaban J connectivity index is 1.86. The summed E-state index contributed by atoms with van der Waals surface area (Å²) in [6.07, 6.45) is 0. The van der Waals surface area contributed by atoms with Crippen molar-refractivity contribution in [1.29, 1.82) is 0 Å². The molecule has 0 fully saturated rings. The van der Waals surface area contributed by atoms with Crippen LogP contribution in [0.2, 0.25) is 15.1 Å². The number of hydrogen-bond donors (Lipinski definition) is 1. The molecule has 1 unspecified atom stereocenters. The average Bonchev–Trinajstić information content (AvgIpc) is 2.76. The Hall–Kier alpha value is -1.61. The summed E-state index contributed by atoms with van der Waals surface area (Å²) in [5, 5.41) is 3.92. The first kappa shape index (κ1) is 26.0. The van der Waals surface area contributed by atoms with Gasteiger partial charge in [0.15, 0.2) is 0 Å². The van der Waals surface area contributed by atoms with Crippen LogP contribution in [0.4, 0.5) is 0 Å². The van der Waals surface area contributed by atoms with Crippen molar-refractivity contribution in [2.75, 3.05) is 6.54 Å². The molecule has 1 atom stereocenters. The van der Waals surface area contributed by atoms with Crippen molar-refractivity contribution in [3.8, 4) is 0 Å². The molecule has 3 aromatic carbocycles. The minimum atomic E-state index is -4.01. The molecule has 0 aliphatic carbocycles. The van der Waals surface area contributed by atoms with Crippen LogP contribution in [0.3, 0.4) is 0 Å². The maximum absolute atomic E-state index is 13.4. The van der Waals surface area contributed by atoms with Gasteiger partial charge in [-0.15, -0.1) is 0 Å². The van der Waals surface area contributed by atoms with Crippen LogP contribution in [-0.2, 0) is 21.4 Å². The van der Waals surface area contributed by atoms with Crippen LogP contribution >= 0.6 is 50.7 Å². The Kier molecular flexibility index (Phi) is 8.83. The Morgan fingerprint density at radius 3 is 2.33 bits per heavy atom. The van der Waals surface area contributed by atoms with E-state index in [1.807, 2.05) is 31.2 Å². The van der Waals surface area contributed by atoms with Crippen LogP contribution in [0.1, 0.15) is 24.1 Å². The zero-order valence-electron chi connectivity index (χ0n) is 17.4. The van der Waals surface area contributed by atoms with Gasteiger partial charge in [-0.3, -0.25) is 4.79 Å². The monoisotopic (exact) mass is 588 g/mol. The number of nitrogens with zero attached hydrogens (tertiary/aromatic N) is 1. The minimum absolute atomic E-state index is 0.0276. The molecule has 0 aliphatic rings. The highest BCUT2D eigenvalue weighted by molar-refractivity contribution is 9.10. The molecule has 0 aliphatic heterocycles. The predicted molar refractivity (Wildman–Crippen MR) is 136 cm³/mol. The molecule has 0 bridgehead atoms. The number of carbonyl (C=O) groups is 1. The van der Waals surface area contributed by atoms with E-state index in [9.17, 15) is 13.2 Å². The first-order valence-corrected chi connectivity index (χ1v) is 13.2. The standard InChI is InChI=1S/C23H20BrCl3N2O3S/c1-15(17-3-2-4-18(24)12-17)28-23(30)14-29(13-16-5-10-21(26)22(27)11-16)33(31,32)20-8-6-19(25)7-9-20/h2-12,15H,13-14H2,1H3,(H,28,30). The minimum Gasteiger partial charge on any atom is -0.348 e. The van der Waals surface area contributed by atoms with Crippen molar-refractivity contribution in [3.05, 3.63) is 97.4 Å². The van der Waals surface area contributed by atoms with Gasteiger partial charge >= 0.3 is 0 Å². The molecule has 10 heteroatoms. The summed E-state index contributed by atoms with van der Waals surface area (Å²) in [5.41, 5.74) is 1.48. The molecule has 0 spiro atoms. The number of carbonyl (C=O) groups excluding carboxylic acids is 1. The lowest BCUT2D eigenvalue weighted by Crippen LogP contribution is -2.41. The van der Waals surface area contributed by atoms with Crippen LogP contribution in [0.15, 0.2) is 76.1 Å². The van der Waals surface area contributed by atoms with Gasteiger partial charge in [0.25, 0.3) is 0 Å². The predicted octanol–water partition coefficient (Wildman–Crippen LogP) is 6.48. The maximum Gasteiger partial charge on any atom is 0.243 e. The van der Waals surface area contributed by atoms with Gasteiger partial charge in [-0.05, 0) is 66.6 Å². The molecule has 3 aromatic rings. The third kappa shape index (κ3) is 6.94. The molecule has 1 N–H and O–H groups in total. The lowest BCUT2D eigenvalue weighted by Gasteiger charge is -2.23. The summed E-state index contributed by atoms with van der Waals surface area (Å²) in [5.74, 6) is -0.444. The zero-order chi connectivity index (χ0) is 24.2. The number of rotatable bonds is 8. The first-order chi connectivity index (χ1) is 15.6. The van der Waals surface area contributed by atoms with Crippen molar-refractivity contribution in [3.63, 3.8) is 0 Å². The summed E-state index contributed by atoms with van der Waals surface area (Å²) in [6.45, 7) is 1.38. The van der Waals surface area contributed by atoms with Crippen LogP contribution < -0.4 is 5.32 Å². The van der Waals surface area contributed by atoms with Crippen molar-refractivity contribution in [1.82, 2.24) is 9.62 Å². The largest absolute Gasteiger partial charge is 0.348 e. The Labute approximate surface area is 216 Å². The molecular weight excluding hydrogens is 571 g/mol. The molecule has 0 aromatic heterocycles. The number of nitrogens with one attached hydrogen (secondary N) is 1. The topological polar surface area (TPSA) is 66.5 Å². The summed E-state index contributed by atoms with van der Waals surface area (Å²) in [7, 11) is -4.01. The number of amides is 1. The van der Waals surface area contributed by atoms with Crippen molar-refractivity contribution in [2.45, 2.75) is 24.4 Å². The summed E-state index contributed by atoms with van der Waals surface area (Å²) in [6, 6.07) is 17.8. The van der Waals surface area contributed by atoms with Crippen LogP contribution in [-0.4, -0.2) is 25.2 Å². The number of benzene rings is 3. The SMILES string of the molecule is CC(NC(=O)CN(Cc1ccc(Cl)c(Cl)c1)S(=O)(=O)c1ccc(Cl)cc1)c1cccc(Br)c1. The third-order valence-electron chi connectivity index (χ3n) is 4.84. The highest BCUT2D eigenvalue weighted by Crippen LogP contribution is 2.26. The summed E-state index contributed by atoms with van der Waals surface area (Å²) in [4.78, 5) is 12.9. The number of sulfonamides is 1. The van der Waals surface area contributed by atoms with Crippen LogP contribution in [0.5, 0.6) is 0 Å². The van der Waals surface area contributed by atoms with Gasteiger partial charge in [-0.2, -0.15) is 4.31 Å². The number of hydrogen-bond acceptors (Lipinski definition) is 3. The third-order valence-corrected chi connectivity index (χ3v) is 8.13. The van der Waals surface area contributed by atoms with Crippen molar-refractivity contribution in [2.24, 2.45) is 0 Å². The van der Waals surface area contributed by atoms with E-state index in [2.05, 4.69) is 21.2 Å². The normalized spacial score (nSPS) is 12.5. The van der Waals surface area contributed by atoms with Crippen LogP contribution in [0, 0.1) is 0 Å². The van der Waals surface area contributed by atoms with Gasteiger partial charge in [-0.1, -0.05) is 68.9 Å². The van der Waals surface area contributed by atoms with E-state index in [4.69, 9.17) is 34.8 Å². The van der Waals surface area contributed by atoms with E-state index in [1.54, 1.807) is 18.2 Å². The fourth-order valence-corrected chi connectivity index (χ4v) is 5.38. The smallest absolute Gasteiger partial charge is 0.243 e. The quantitative estimate of drug-likeness (QED) is 0.327. The average molecular weight is 591 g/mol. The molecule has 33 heavy (non-hydrogen) atoms. The zero-order valence-corrected chi connectivity index (χ0v) is 22.1. The Bertz CT molecular complexity index is 1250. The fraction of sp³-hybridized carbons (Fsp3) is 0.174. The van der Waals surface area contributed by atoms with E-state index < -0.39 is 15.9 Å². The van der Waals surface area contributed by atoms with Crippen molar-refractivity contribution < 1.29 is 13.2 Å². The van der Waals surface area contributed by atoms with E-state index in [1.165, 1.54) is 24.3 Å². The Morgan fingerprint density at radius 1 is 1.00 bits per heavy atom. The fourth-order valence-electron chi connectivity index (χ4n) is 3.13. The van der Waals surface area contributed by atoms with E-state index in [0.717, 1.165) is 14.3 Å². The maximum atomic E-state index is 13.4. The van der Waals surface area contributed by atoms with E-state index in [0.29, 0.717) is 20.6 Å². The molecule has 0 saturated carbocycles. The van der Waals surface area contributed by atoms with Crippen molar-refractivity contribution >= 4 is 66.7 Å². The molecule has 0 heterocycles. The van der Waals surface area contributed by atoms with E-state index in [-0.39, 0.29) is 24.0 Å². The molecular formula is C23H20BrCl3N2O3S. The second-order valence-corrected chi connectivity index (χ2v) is 11.4. The van der Waals surface area contributed by atoms with Gasteiger partial charge in [0.2, 0.25) is 15.9 Å². The van der Waals surface area contributed by atoms with Crippen LogP contribution in [0.25, 0.3) is 0 Å². The molecule has 0 radical (unpaired) electrons. The summed E-state index contributed by atoms with van der Waals surface area (Å²) < 4.78 is 28.7. The van der Waals surface area contributed by atoms with Gasteiger partial charge in [0, 0.05) is 16.0 Å². The molecule has 0 saturated heterocycles. The van der Waals surface area contributed by atoms with Gasteiger partial charge in [0.1, 0.15) is 0 Å². The molecule has 5 nitrogen and oxygen atoms in total. The Morgan fingerprint density at radius 2 is 1.70 bits per heavy atom. The molecule has 1 amide bonds. The first-order valence-electron chi connectivity index (χ1n) is 9.81. The van der Waals surface area contributed by atoms with Gasteiger partial charge in [0.05, 0.1) is 27.5 Å². The molecule has 174 valence electrons. The van der Waals surface area contributed by atoms with Gasteiger partial charge in [-0.25, -0.2) is 8.42 Å². The number of halogens is 4. The second kappa shape index (κ2) is 11.2.